The molecular formula is C32H28ClN5O2S. The first-order valence-electron chi connectivity index (χ1n) is 13.0. The van der Waals surface area contributed by atoms with Gasteiger partial charge in [-0.3, -0.25) is 14.2 Å². The van der Waals surface area contributed by atoms with Crippen LogP contribution in [0.5, 0.6) is 0 Å². The average Bonchev–Trinajstić information content (AvgIpc) is 3.37. The second kappa shape index (κ2) is 12.8. The zero-order chi connectivity index (χ0) is 28.8. The second-order valence-electron chi connectivity index (χ2n) is 9.49. The number of nitrogens with one attached hydrogen (secondary N) is 2. The Kier molecular flexibility index (Phi) is 8.82. The Hall–Kier alpha value is -4.40. The van der Waals surface area contributed by atoms with Crippen molar-refractivity contribution >= 4 is 46.6 Å². The molecule has 0 aliphatic rings. The lowest BCUT2D eigenvalue weighted by Gasteiger charge is -2.13. The fraction of sp³-hybridized carbons (Fsp3) is 0.125. The van der Waals surface area contributed by atoms with E-state index in [2.05, 4.69) is 20.8 Å². The van der Waals surface area contributed by atoms with Crippen LogP contribution in [0, 0.1) is 13.8 Å². The van der Waals surface area contributed by atoms with Crippen LogP contribution in [-0.2, 0) is 11.3 Å². The molecule has 206 valence electrons. The number of nitrogens with zero attached hydrogens (tertiary/aromatic N) is 3. The van der Waals surface area contributed by atoms with Crippen LogP contribution in [0.2, 0.25) is 5.02 Å². The Balaban J connectivity index is 1.35. The lowest BCUT2D eigenvalue weighted by molar-refractivity contribution is -0.113. The van der Waals surface area contributed by atoms with E-state index in [0.29, 0.717) is 33.8 Å². The molecule has 0 radical (unpaired) electrons. The molecule has 9 heteroatoms. The highest BCUT2D eigenvalue weighted by atomic mass is 35.5. The summed E-state index contributed by atoms with van der Waals surface area (Å²) < 4.78 is 2.00. The first-order chi connectivity index (χ1) is 19.9. The van der Waals surface area contributed by atoms with Crippen molar-refractivity contribution in [3.05, 3.63) is 124 Å². The highest BCUT2D eigenvalue weighted by molar-refractivity contribution is 7.99. The number of rotatable bonds is 9. The Bertz CT molecular complexity index is 1670. The quantitative estimate of drug-likeness (QED) is 0.179. The fourth-order valence-corrected chi connectivity index (χ4v) is 5.34. The molecule has 0 aliphatic carbocycles. The minimum atomic E-state index is -0.284. The predicted octanol–water partition coefficient (Wildman–Crippen LogP) is 7.25. The number of aromatic nitrogens is 3. The molecule has 0 unspecified atom stereocenters. The maximum Gasteiger partial charge on any atom is 0.257 e. The Morgan fingerprint density at radius 3 is 2.20 bits per heavy atom. The van der Waals surface area contributed by atoms with Crippen LogP contribution in [0.4, 0.5) is 11.4 Å². The monoisotopic (exact) mass is 581 g/mol. The van der Waals surface area contributed by atoms with Gasteiger partial charge >= 0.3 is 0 Å². The maximum absolute atomic E-state index is 12.9. The van der Waals surface area contributed by atoms with Crippen molar-refractivity contribution in [1.82, 2.24) is 14.8 Å². The van der Waals surface area contributed by atoms with Crippen molar-refractivity contribution in [3.8, 4) is 11.4 Å². The first kappa shape index (κ1) is 28.1. The lowest BCUT2D eigenvalue weighted by atomic mass is 10.1. The van der Waals surface area contributed by atoms with E-state index in [1.807, 2.05) is 91.2 Å². The summed E-state index contributed by atoms with van der Waals surface area (Å²) in [6, 6.07) is 30.3. The van der Waals surface area contributed by atoms with E-state index in [1.54, 1.807) is 24.3 Å². The van der Waals surface area contributed by atoms with Gasteiger partial charge in [0.25, 0.3) is 5.91 Å². The SMILES string of the molecule is Cc1cccc(C)c1NC(=O)CSc1nnc(-c2ccc(NC(=O)c3ccccc3Cl)cc2)n1Cc1ccccc1. The summed E-state index contributed by atoms with van der Waals surface area (Å²) in [6.45, 7) is 4.49. The van der Waals surface area contributed by atoms with Gasteiger partial charge in [-0.2, -0.15) is 0 Å². The minimum Gasteiger partial charge on any atom is -0.325 e. The molecule has 0 saturated carbocycles. The number of hydrogen-bond acceptors (Lipinski definition) is 5. The number of amides is 2. The van der Waals surface area contributed by atoms with Crippen LogP contribution in [-0.4, -0.2) is 32.3 Å². The molecular weight excluding hydrogens is 554 g/mol. The second-order valence-corrected chi connectivity index (χ2v) is 10.8. The molecule has 2 N–H and O–H groups in total. The third-order valence-corrected chi connectivity index (χ3v) is 7.79. The molecule has 1 heterocycles. The van der Waals surface area contributed by atoms with Crippen molar-refractivity contribution in [2.45, 2.75) is 25.5 Å². The standard InChI is InChI=1S/C32H28ClN5O2S/c1-21-9-8-10-22(2)29(21)35-28(39)20-41-32-37-36-30(38(32)19-23-11-4-3-5-12-23)24-15-17-25(18-16-24)34-31(40)26-13-6-7-14-27(26)33/h3-18H,19-20H2,1-2H3,(H,34,40)(H,35,39). The van der Waals surface area contributed by atoms with Gasteiger partial charge < -0.3 is 10.6 Å². The van der Waals surface area contributed by atoms with Crippen LogP contribution in [0.1, 0.15) is 27.0 Å². The van der Waals surface area contributed by atoms with Gasteiger partial charge in [0.05, 0.1) is 22.9 Å². The van der Waals surface area contributed by atoms with Crippen molar-refractivity contribution < 1.29 is 9.59 Å². The zero-order valence-corrected chi connectivity index (χ0v) is 24.2. The van der Waals surface area contributed by atoms with Gasteiger partial charge in [0.1, 0.15) is 0 Å². The van der Waals surface area contributed by atoms with E-state index < -0.39 is 0 Å². The Morgan fingerprint density at radius 1 is 0.805 bits per heavy atom. The summed E-state index contributed by atoms with van der Waals surface area (Å²) in [7, 11) is 0. The van der Waals surface area contributed by atoms with Gasteiger partial charge in [-0.1, -0.05) is 84.0 Å². The molecule has 0 atom stereocenters. The van der Waals surface area contributed by atoms with Crippen molar-refractivity contribution in [2.24, 2.45) is 0 Å². The van der Waals surface area contributed by atoms with E-state index in [1.165, 1.54) is 11.8 Å². The van der Waals surface area contributed by atoms with E-state index in [-0.39, 0.29) is 17.6 Å². The minimum absolute atomic E-state index is 0.109. The molecule has 41 heavy (non-hydrogen) atoms. The van der Waals surface area contributed by atoms with Crippen LogP contribution in [0.15, 0.2) is 102 Å². The molecule has 2 amide bonds. The van der Waals surface area contributed by atoms with Crippen LogP contribution < -0.4 is 10.6 Å². The van der Waals surface area contributed by atoms with Crippen LogP contribution >= 0.6 is 23.4 Å². The van der Waals surface area contributed by atoms with Gasteiger partial charge in [0, 0.05) is 16.9 Å². The number of carbonyl (C=O) groups excluding carboxylic acids is 2. The molecule has 5 rings (SSSR count). The van der Waals surface area contributed by atoms with Gasteiger partial charge in [0.2, 0.25) is 5.91 Å². The maximum atomic E-state index is 12.9. The van der Waals surface area contributed by atoms with Crippen LogP contribution in [0.3, 0.4) is 0 Å². The summed E-state index contributed by atoms with van der Waals surface area (Å²) in [5.74, 6) is 0.457. The number of thioether (sulfide) groups is 1. The number of para-hydroxylation sites is 1. The van der Waals surface area contributed by atoms with E-state index in [9.17, 15) is 9.59 Å². The molecule has 5 aromatic rings. The normalized spacial score (nSPS) is 10.8. The van der Waals surface area contributed by atoms with Crippen LogP contribution in [0.25, 0.3) is 11.4 Å². The Morgan fingerprint density at radius 2 is 1.49 bits per heavy atom. The van der Waals surface area contributed by atoms with E-state index in [4.69, 9.17) is 11.6 Å². The predicted molar refractivity (Wildman–Crippen MR) is 166 cm³/mol. The van der Waals surface area contributed by atoms with Gasteiger partial charge in [-0.05, 0) is 66.9 Å². The summed E-state index contributed by atoms with van der Waals surface area (Å²) in [5, 5.41) is 15.9. The molecule has 0 aliphatic heterocycles. The van der Waals surface area contributed by atoms with Crippen molar-refractivity contribution in [2.75, 3.05) is 16.4 Å². The number of halogens is 1. The first-order valence-corrected chi connectivity index (χ1v) is 14.4. The van der Waals surface area contributed by atoms with Crippen molar-refractivity contribution in [3.63, 3.8) is 0 Å². The molecule has 0 saturated heterocycles. The lowest BCUT2D eigenvalue weighted by Crippen LogP contribution is -2.16. The molecule has 0 fully saturated rings. The van der Waals surface area contributed by atoms with E-state index in [0.717, 1.165) is 27.9 Å². The molecule has 4 aromatic carbocycles. The molecule has 7 nitrogen and oxygen atoms in total. The smallest absolute Gasteiger partial charge is 0.257 e. The third kappa shape index (κ3) is 6.85. The summed E-state index contributed by atoms with van der Waals surface area (Å²) >= 11 is 7.51. The zero-order valence-electron chi connectivity index (χ0n) is 22.6. The number of anilines is 2. The molecule has 0 spiro atoms. The van der Waals surface area contributed by atoms with E-state index >= 15 is 0 Å². The largest absolute Gasteiger partial charge is 0.325 e. The third-order valence-electron chi connectivity index (χ3n) is 6.50. The highest BCUT2D eigenvalue weighted by Crippen LogP contribution is 2.27. The molecule has 1 aromatic heterocycles. The number of benzene rings is 4. The topological polar surface area (TPSA) is 88.9 Å². The summed E-state index contributed by atoms with van der Waals surface area (Å²) in [6.07, 6.45) is 0. The van der Waals surface area contributed by atoms with Gasteiger partial charge in [-0.15, -0.1) is 10.2 Å². The van der Waals surface area contributed by atoms with Crippen molar-refractivity contribution in [1.29, 1.82) is 0 Å². The fourth-order valence-electron chi connectivity index (χ4n) is 4.38. The summed E-state index contributed by atoms with van der Waals surface area (Å²) in [5.41, 5.74) is 5.82. The Labute approximate surface area is 248 Å². The molecule has 0 bridgehead atoms. The number of carbonyl (C=O) groups is 2. The average molecular weight is 582 g/mol. The van der Waals surface area contributed by atoms with Gasteiger partial charge in [0.15, 0.2) is 11.0 Å². The number of aryl methyl sites for hydroxylation is 2. The van der Waals surface area contributed by atoms with Gasteiger partial charge in [-0.25, -0.2) is 0 Å². The highest BCUT2D eigenvalue weighted by Gasteiger charge is 2.17. The summed E-state index contributed by atoms with van der Waals surface area (Å²) in [4.78, 5) is 25.5. The number of hydrogen-bond donors (Lipinski definition) is 2.